The molecule has 0 radical (unpaired) electrons. The van der Waals surface area contributed by atoms with Gasteiger partial charge in [-0.15, -0.1) is 0 Å². The van der Waals surface area contributed by atoms with Crippen molar-refractivity contribution in [1.29, 1.82) is 0 Å². The molecule has 5 heteroatoms. The van der Waals surface area contributed by atoms with Crippen molar-refractivity contribution in [2.45, 2.75) is 0 Å². The van der Waals surface area contributed by atoms with E-state index in [0.29, 0.717) is 11.0 Å². The Morgan fingerprint density at radius 1 is 0.373 bits per heavy atom. The first-order chi connectivity index (χ1) is 30.3. The molecule has 0 fully saturated rings. The van der Waals surface area contributed by atoms with Gasteiger partial charge in [-0.25, -0.2) is 9.97 Å². The average Bonchev–Trinajstić information content (AvgIpc) is 3.96. The zero-order valence-electron chi connectivity index (χ0n) is 38.6. The highest BCUT2D eigenvalue weighted by Crippen LogP contribution is 2.38. The fourth-order valence-corrected chi connectivity index (χ4v) is 7.38. The van der Waals surface area contributed by atoms with E-state index in [1.165, 1.54) is 4.57 Å². The molecule has 11 rings (SSSR count). The van der Waals surface area contributed by atoms with E-state index in [0.717, 1.165) is 32.6 Å². The summed E-state index contributed by atoms with van der Waals surface area (Å²) in [5.41, 5.74) is 2.37. The van der Waals surface area contributed by atoms with Crippen LogP contribution in [0, 0.1) is 0 Å². The van der Waals surface area contributed by atoms with E-state index in [4.69, 9.17) is 20.9 Å². The Balaban J connectivity index is 1.38. The van der Waals surface area contributed by atoms with E-state index >= 15 is 0 Å². The first kappa shape index (κ1) is 18.7. The molecule has 5 nitrogen and oxygen atoms in total. The lowest BCUT2D eigenvalue weighted by Gasteiger charge is -2.16. The largest absolute Gasteiger partial charge is 0.309 e. The average molecular weight is 664 g/mol. The summed E-state index contributed by atoms with van der Waals surface area (Å²) in [6, 6.07) is 25.6. The Kier molecular flexibility index (Phi) is 3.94. The van der Waals surface area contributed by atoms with Gasteiger partial charge in [0.2, 0.25) is 0 Å². The maximum atomic E-state index is 9.57. The fourth-order valence-electron chi connectivity index (χ4n) is 7.38. The lowest BCUT2D eigenvalue weighted by Crippen LogP contribution is -2.07. The topological polar surface area (TPSA) is 40.6 Å². The van der Waals surface area contributed by atoms with Crippen LogP contribution in [-0.2, 0) is 0 Å². The van der Waals surface area contributed by atoms with Crippen LogP contribution in [0.3, 0.4) is 0 Å². The molecule has 238 valence electrons. The quantitative estimate of drug-likeness (QED) is 0.188. The van der Waals surface area contributed by atoms with Gasteiger partial charge in [0.05, 0.1) is 55.2 Å². The summed E-state index contributed by atoms with van der Waals surface area (Å²) in [4.78, 5) is 10.2. The van der Waals surface area contributed by atoms with Crippen LogP contribution in [0.15, 0.2) is 176 Å². The van der Waals surface area contributed by atoms with Gasteiger partial charge in [-0.05, 0) is 48.4 Å². The van der Waals surface area contributed by atoms with Crippen LogP contribution in [0.4, 0.5) is 0 Å². The van der Waals surface area contributed by atoms with Crippen LogP contribution >= 0.6 is 0 Å². The number of nitrogens with zero attached hydrogens (tertiary/aromatic N) is 5. The lowest BCUT2D eigenvalue weighted by atomic mass is 10.1. The van der Waals surface area contributed by atoms with Crippen LogP contribution in [0.5, 0.6) is 0 Å². The Bertz CT molecular complexity index is 3670. The summed E-state index contributed by atoms with van der Waals surface area (Å²) in [5.74, 6) is -0.0814. The molecule has 0 unspecified atom stereocenters. The smallest absolute Gasteiger partial charge is 0.166 e. The van der Waals surface area contributed by atoms with E-state index in [-0.39, 0.29) is 56.6 Å². The number of hydrogen-bond donors (Lipinski definition) is 0. The molecule has 0 N–H and O–H groups in total. The minimum absolute atomic E-state index is 0.0507. The van der Waals surface area contributed by atoms with Crippen molar-refractivity contribution in [3.05, 3.63) is 176 Å². The van der Waals surface area contributed by atoms with Gasteiger partial charge in [0, 0.05) is 43.9 Å². The Labute approximate surface area is 309 Å². The molecule has 4 aromatic heterocycles. The van der Waals surface area contributed by atoms with Crippen molar-refractivity contribution in [1.82, 2.24) is 23.7 Å². The van der Waals surface area contributed by atoms with Gasteiger partial charge in [0.1, 0.15) is 11.6 Å². The van der Waals surface area contributed by atoms with Crippen LogP contribution in [-0.4, -0.2) is 23.7 Å². The van der Waals surface area contributed by atoms with E-state index in [1.54, 1.807) is 10.6 Å². The summed E-state index contributed by atoms with van der Waals surface area (Å²) < 4.78 is 113. The number of hydrogen-bond acceptors (Lipinski definition) is 2. The minimum Gasteiger partial charge on any atom is -0.309 e. The van der Waals surface area contributed by atoms with Crippen LogP contribution in [0.1, 0.15) is 16.4 Å². The molecule has 0 spiro atoms. The lowest BCUT2D eigenvalue weighted by molar-refractivity contribution is 0.991. The van der Waals surface area contributed by atoms with Crippen LogP contribution < -0.4 is 0 Å². The van der Waals surface area contributed by atoms with Crippen molar-refractivity contribution in [2.24, 2.45) is 0 Å². The third-order valence-corrected chi connectivity index (χ3v) is 9.46. The molecule has 0 aliphatic rings. The Morgan fingerprint density at radius 2 is 0.765 bits per heavy atom. The van der Waals surface area contributed by atoms with Crippen LogP contribution in [0.25, 0.3) is 94.1 Å². The van der Waals surface area contributed by atoms with Gasteiger partial charge in [-0.2, -0.15) is 0 Å². The summed E-state index contributed by atoms with van der Waals surface area (Å²) in [6.07, 6.45) is 0. The normalized spacial score (nSPS) is 15.2. The monoisotopic (exact) mass is 663 g/mol. The second-order valence-electron chi connectivity index (χ2n) is 12.2. The van der Waals surface area contributed by atoms with Gasteiger partial charge in [0.25, 0.3) is 0 Å². The Morgan fingerprint density at radius 3 is 1.27 bits per heavy atom. The van der Waals surface area contributed by atoms with Gasteiger partial charge in [-0.3, -0.25) is 9.13 Å². The zero-order chi connectivity index (χ0) is 43.9. The maximum absolute atomic E-state index is 9.57. The second kappa shape index (κ2) is 10.8. The summed E-state index contributed by atoms with van der Waals surface area (Å²) in [5, 5.41) is 3.13. The molecule has 51 heavy (non-hydrogen) atoms. The van der Waals surface area contributed by atoms with Gasteiger partial charge in [0.15, 0.2) is 5.82 Å². The van der Waals surface area contributed by atoms with Crippen LogP contribution in [0.2, 0.25) is 0 Å². The molecule has 0 saturated carbocycles. The fraction of sp³-hybridized carbons (Fsp3) is 0. The second-order valence-corrected chi connectivity index (χ2v) is 12.2. The number of benzene rings is 7. The van der Waals surface area contributed by atoms with Crippen molar-refractivity contribution in [3.63, 3.8) is 0 Å². The molecule has 0 aliphatic carbocycles. The summed E-state index contributed by atoms with van der Waals surface area (Å²) in [7, 11) is 0. The highest BCUT2D eigenvalue weighted by Gasteiger charge is 2.21. The molecule has 0 bridgehead atoms. The molecule has 0 atom stereocenters. The van der Waals surface area contributed by atoms with Gasteiger partial charge < -0.3 is 4.57 Å². The number of aromatic nitrogens is 5. The predicted octanol–water partition coefficient (Wildman–Crippen LogP) is 11.4. The SMILES string of the molecule is [2H]c1c([2H])c([2H])c(-n2c3ccccc3c3ccccc32)c(-c2nc(-n3c4ccccc4c4ccccc43)cc(-n3c4c([2H])c([2H])c([2H])c([2H])c4c4c([2H])c([2H])c([2H])c([2H])c43)n2)c1[2H]. The van der Waals surface area contributed by atoms with E-state index < -0.39 is 66.5 Å². The first-order valence-corrected chi connectivity index (χ1v) is 16.3. The molecular weight excluding hydrogens is 623 g/mol. The van der Waals surface area contributed by atoms with E-state index in [9.17, 15) is 5.48 Å². The molecule has 0 saturated heterocycles. The molecule has 0 amide bonds. The first-order valence-electron chi connectivity index (χ1n) is 22.3. The molecule has 7 aromatic carbocycles. The minimum atomic E-state index is -0.602. The highest BCUT2D eigenvalue weighted by molar-refractivity contribution is 6.11. The number of rotatable bonds is 4. The van der Waals surface area contributed by atoms with Crippen molar-refractivity contribution < 1.29 is 16.4 Å². The van der Waals surface area contributed by atoms with Crippen molar-refractivity contribution in [2.75, 3.05) is 0 Å². The van der Waals surface area contributed by atoms with E-state index in [1.807, 2.05) is 102 Å². The summed E-state index contributed by atoms with van der Waals surface area (Å²) in [6.45, 7) is 0. The standard InChI is InChI=1S/C46H29N5/c1-8-22-37-30(15-1)31-16-2-9-23-38(31)49(37)43-28-14-7-21-36(43)46-47-44(50-39-24-10-3-17-32(39)33-18-4-11-25-40(33)50)29-45(48-46)51-41-26-12-5-19-34(41)35-20-6-13-27-42(35)51/h1-29H/i3D,4D,7D,10D,11D,14D,17D,18D,21D,24D,25D,28D. The van der Waals surface area contributed by atoms with E-state index in [2.05, 4.69) is 0 Å². The Hall–Kier alpha value is -6.98. The number of fused-ring (bicyclic) bond motifs is 9. The maximum Gasteiger partial charge on any atom is 0.166 e. The highest BCUT2D eigenvalue weighted by atomic mass is 15.1. The summed E-state index contributed by atoms with van der Waals surface area (Å²) >= 11 is 0. The predicted molar refractivity (Wildman–Crippen MR) is 210 cm³/mol. The molecule has 4 heterocycles. The molecule has 11 aromatic rings. The third-order valence-electron chi connectivity index (χ3n) is 9.46. The van der Waals surface area contributed by atoms with Gasteiger partial charge >= 0.3 is 0 Å². The third kappa shape index (κ3) is 4.03. The van der Waals surface area contributed by atoms with Crippen molar-refractivity contribution >= 4 is 65.4 Å². The molecular formula is C46H29N5. The molecule has 0 aliphatic heterocycles. The van der Waals surface area contributed by atoms with Crippen molar-refractivity contribution in [3.8, 4) is 28.7 Å². The van der Waals surface area contributed by atoms with Gasteiger partial charge in [-0.1, -0.05) is 121 Å². The zero-order valence-corrected chi connectivity index (χ0v) is 26.6. The number of para-hydroxylation sites is 7.